The van der Waals surface area contributed by atoms with Gasteiger partial charge in [0.1, 0.15) is 0 Å². The van der Waals surface area contributed by atoms with E-state index in [4.69, 9.17) is 0 Å². The van der Waals surface area contributed by atoms with Crippen molar-refractivity contribution < 1.29 is 4.79 Å². The number of nitrogens with one attached hydrogen (secondary N) is 2. The molecule has 15 heavy (non-hydrogen) atoms. The molecule has 2 fully saturated rings. The van der Waals surface area contributed by atoms with Crippen LogP contribution in [0.1, 0.15) is 12.8 Å². The zero-order valence-electron chi connectivity index (χ0n) is 9.11. The van der Waals surface area contributed by atoms with E-state index < -0.39 is 0 Å². The molecule has 2 saturated heterocycles. The van der Waals surface area contributed by atoms with E-state index in [-0.39, 0.29) is 0 Å². The quantitative estimate of drug-likeness (QED) is 0.590. The summed E-state index contributed by atoms with van der Waals surface area (Å²) in [6, 6.07) is 0.754. The average Bonchev–Trinajstić information content (AvgIpc) is 2.32. The minimum atomic E-state index is 0.754. The van der Waals surface area contributed by atoms with Crippen molar-refractivity contribution in [3.63, 3.8) is 0 Å². The first-order chi connectivity index (χ1) is 7.40. The Morgan fingerprint density at radius 3 is 2.40 bits per heavy atom. The van der Waals surface area contributed by atoms with Gasteiger partial charge in [0.25, 0.3) is 0 Å². The number of carbonyl (C=O) groups is 1. The summed E-state index contributed by atoms with van der Waals surface area (Å²) in [6.45, 7) is 6.34. The van der Waals surface area contributed by atoms with Crippen LogP contribution in [0.15, 0.2) is 0 Å². The predicted octanol–water partition coefficient (Wildman–Crippen LogP) is -0.983. The van der Waals surface area contributed by atoms with Crippen molar-refractivity contribution in [1.82, 2.24) is 20.7 Å². The van der Waals surface area contributed by atoms with Crippen LogP contribution in [0.2, 0.25) is 0 Å². The van der Waals surface area contributed by atoms with Crippen LogP contribution < -0.4 is 10.7 Å². The average molecular weight is 212 g/mol. The Bertz CT molecular complexity index is 198. The lowest BCUT2D eigenvalue weighted by Gasteiger charge is -2.40. The van der Waals surface area contributed by atoms with Crippen molar-refractivity contribution in [2.24, 2.45) is 0 Å². The van der Waals surface area contributed by atoms with E-state index in [0.717, 1.165) is 51.7 Å². The third kappa shape index (κ3) is 2.90. The molecule has 0 aromatic rings. The van der Waals surface area contributed by atoms with E-state index in [0.29, 0.717) is 0 Å². The largest absolute Gasteiger partial charge is 0.317 e. The number of rotatable bonds is 3. The Kier molecular flexibility index (Phi) is 3.94. The van der Waals surface area contributed by atoms with Gasteiger partial charge in [-0.25, -0.2) is 5.01 Å². The summed E-state index contributed by atoms with van der Waals surface area (Å²) in [5.74, 6) is 0. The topological polar surface area (TPSA) is 47.6 Å². The van der Waals surface area contributed by atoms with Crippen molar-refractivity contribution in [3.8, 4) is 0 Å². The molecule has 2 heterocycles. The molecule has 2 rings (SSSR count). The molecule has 2 N–H and O–H groups in total. The number of hydrazine groups is 1. The predicted molar refractivity (Wildman–Crippen MR) is 58.2 cm³/mol. The van der Waals surface area contributed by atoms with Gasteiger partial charge < -0.3 is 5.32 Å². The van der Waals surface area contributed by atoms with Crippen LogP contribution in [0.25, 0.3) is 0 Å². The Morgan fingerprint density at radius 1 is 1.13 bits per heavy atom. The molecule has 0 spiro atoms. The summed E-state index contributed by atoms with van der Waals surface area (Å²) < 4.78 is 0. The lowest BCUT2D eigenvalue weighted by Crippen LogP contribution is -2.55. The molecule has 2 aliphatic rings. The first kappa shape index (κ1) is 10.9. The Balaban J connectivity index is 1.74. The normalized spacial score (nSPS) is 26.4. The van der Waals surface area contributed by atoms with Crippen LogP contribution in [-0.2, 0) is 4.79 Å². The molecule has 5 heteroatoms. The van der Waals surface area contributed by atoms with Gasteiger partial charge in [0.05, 0.1) is 0 Å². The zero-order valence-corrected chi connectivity index (χ0v) is 9.11. The van der Waals surface area contributed by atoms with Gasteiger partial charge in [0, 0.05) is 32.2 Å². The fourth-order valence-corrected chi connectivity index (χ4v) is 2.46. The molecule has 0 saturated carbocycles. The molecule has 1 amide bonds. The summed E-state index contributed by atoms with van der Waals surface area (Å²) in [5.41, 5.74) is 2.72. The third-order valence-electron chi connectivity index (χ3n) is 3.37. The molecule has 0 aromatic carbocycles. The summed E-state index contributed by atoms with van der Waals surface area (Å²) in [6.07, 6.45) is 3.29. The van der Waals surface area contributed by atoms with E-state index in [1.54, 1.807) is 0 Å². The van der Waals surface area contributed by atoms with E-state index in [9.17, 15) is 4.79 Å². The van der Waals surface area contributed by atoms with E-state index in [1.807, 2.05) is 5.01 Å². The van der Waals surface area contributed by atoms with Crippen molar-refractivity contribution in [2.75, 3.05) is 39.3 Å². The highest BCUT2D eigenvalue weighted by molar-refractivity contribution is 5.44. The van der Waals surface area contributed by atoms with Gasteiger partial charge in [-0.2, -0.15) is 0 Å². The lowest BCUT2D eigenvalue weighted by atomic mass is 10.0. The summed E-state index contributed by atoms with van der Waals surface area (Å²) in [4.78, 5) is 12.8. The molecule has 2 aliphatic heterocycles. The molecule has 0 unspecified atom stereocenters. The maximum atomic E-state index is 10.3. The van der Waals surface area contributed by atoms with Crippen molar-refractivity contribution >= 4 is 6.41 Å². The van der Waals surface area contributed by atoms with Gasteiger partial charge >= 0.3 is 0 Å². The van der Waals surface area contributed by atoms with Gasteiger partial charge in [0.2, 0.25) is 6.41 Å². The number of piperazine rings is 1. The Morgan fingerprint density at radius 2 is 1.80 bits per heavy atom. The molecule has 0 bridgehead atoms. The molecule has 0 atom stereocenters. The zero-order chi connectivity index (χ0) is 10.5. The lowest BCUT2D eigenvalue weighted by molar-refractivity contribution is -0.114. The second-order valence-electron chi connectivity index (χ2n) is 4.25. The Hall–Kier alpha value is -0.650. The Labute approximate surface area is 90.8 Å². The smallest absolute Gasteiger partial charge is 0.221 e. The molecule has 0 aliphatic carbocycles. The van der Waals surface area contributed by atoms with Crippen LogP contribution in [0.5, 0.6) is 0 Å². The number of carbonyl (C=O) groups excluding carboxylic acids is 1. The first-order valence-corrected chi connectivity index (χ1v) is 5.79. The number of amides is 1. The van der Waals surface area contributed by atoms with Crippen LogP contribution in [0.3, 0.4) is 0 Å². The van der Waals surface area contributed by atoms with Gasteiger partial charge in [-0.15, -0.1) is 0 Å². The standard InChI is InChI=1S/C10H20N4O/c15-9-12-14-7-5-13(6-8-14)10-1-3-11-4-2-10/h9-11H,1-8H2,(H,12,15). The number of piperidine rings is 1. The van der Waals surface area contributed by atoms with Crippen molar-refractivity contribution in [1.29, 1.82) is 0 Å². The van der Waals surface area contributed by atoms with Crippen molar-refractivity contribution in [3.05, 3.63) is 0 Å². The van der Waals surface area contributed by atoms with Crippen molar-refractivity contribution in [2.45, 2.75) is 18.9 Å². The monoisotopic (exact) mass is 212 g/mol. The maximum absolute atomic E-state index is 10.3. The second-order valence-corrected chi connectivity index (χ2v) is 4.25. The maximum Gasteiger partial charge on any atom is 0.221 e. The number of hydrogen-bond acceptors (Lipinski definition) is 4. The SMILES string of the molecule is O=CNN1CCN(C2CCNCC2)CC1. The van der Waals surface area contributed by atoms with Gasteiger partial charge in [0.15, 0.2) is 0 Å². The molecule has 0 radical (unpaired) electrons. The minimum absolute atomic E-state index is 0.754. The highest BCUT2D eigenvalue weighted by Crippen LogP contribution is 2.13. The molecule has 5 nitrogen and oxygen atoms in total. The highest BCUT2D eigenvalue weighted by atomic mass is 16.1. The van der Waals surface area contributed by atoms with Crippen LogP contribution in [0.4, 0.5) is 0 Å². The highest BCUT2D eigenvalue weighted by Gasteiger charge is 2.24. The van der Waals surface area contributed by atoms with E-state index in [2.05, 4.69) is 15.6 Å². The van der Waals surface area contributed by atoms with E-state index >= 15 is 0 Å². The fraction of sp³-hybridized carbons (Fsp3) is 0.900. The second kappa shape index (κ2) is 5.44. The molecular formula is C10H20N4O. The molecule has 86 valence electrons. The van der Waals surface area contributed by atoms with E-state index in [1.165, 1.54) is 12.8 Å². The minimum Gasteiger partial charge on any atom is -0.317 e. The molecular weight excluding hydrogens is 192 g/mol. The number of hydrogen-bond donors (Lipinski definition) is 2. The van der Waals surface area contributed by atoms with Crippen LogP contribution >= 0.6 is 0 Å². The fourth-order valence-electron chi connectivity index (χ4n) is 2.46. The third-order valence-corrected chi connectivity index (χ3v) is 3.37. The summed E-state index contributed by atoms with van der Waals surface area (Å²) >= 11 is 0. The van der Waals surface area contributed by atoms with Gasteiger partial charge in [-0.05, 0) is 25.9 Å². The number of nitrogens with zero attached hydrogens (tertiary/aromatic N) is 2. The molecule has 0 aromatic heterocycles. The van der Waals surface area contributed by atoms with Crippen LogP contribution in [0, 0.1) is 0 Å². The van der Waals surface area contributed by atoms with Gasteiger partial charge in [-0.3, -0.25) is 15.1 Å². The summed E-state index contributed by atoms with van der Waals surface area (Å²) in [7, 11) is 0. The summed E-state index contributed by atoms with van der Waals surface area (Å²) in [5, 5.41) is 5.38. The van der Waals surface area contributed by atoms with Crippen LogP contribution in [-0.4, -0.2) is 61.6 Å². The first-order valence-electron chi connectivity index (χ1n) is 5.79. The van der Waals surface area contributed by atoms with Gasteiger partial charge in [-0.1, -0.05) is 0 Å².